The molecule has 0 amide bonds. The maximum absolute atomic E-state index is 12.8. The lowest BCUT2D eigenvalue weighted by Gasteiger charge is -2.16. The third-order valence-corrected chi connectivity index (χ3v) is 7.40. The van der Waals surface area contributed by atoms with Crippen molar-refractivity contribution >= 4 is 32.6 Å². The molecule has 1 aliphatic rings. The first-order valence-electron chi connectivity index (χ1n) is 9.19. The molecule has 4 rings (SSSR count). The standard InChI is InChI=1S/C20H19ClN2O5S/c1-13-8-18-16(10-17(13)21)14(9-20(25)28-18)11-22-12-15(4-5-19(22)24)29(26,27)23-6-2-3-7-23/h4-5,8-10,12H,2-3,6-7,11H2,1H3. The molecule has 7 nitrogen and oxygen atoms in total. The van der Waals surface area contributed by atoms with E-state index in [4.69, 9.17) is 16.0 Å². The topological polar surface area (TPSA) is 89.6 Å². The number of benzene rings is 1. The Morgan fingerprint density at radius 2 is 1.83 bits per heavy atom. The molecular weight excluding hydrogens is 416 g/mol. The molecule has 0 bridgehead atoms. The van der Waals surface area contributed by atoms with E-state index in [1.165, 1.54) is 33.3 Å². The second kappa shape index (κ2) is 7.44. The number of sulfonamides is 1. The average Bonchev–Trinajstić information content (AvgIpc) is 3.20. The number of hydrogen-bond donors (Lipinski definition) is 0. The maximum atomic E-state index is 12.8. The van der Waals surface area contributed by atoms with Gasteiger partial charge in [-0.1, -0.05) is 11.6 Å². The maximum Gasteiger partial charge on any atom is 0.336 e. The minimum Gasteiger partial charge on any atom is -0.423 e. The lowest BCUT2D eigenvalue weighted by Crippen LogP contribution is -2.29. The molecular formula is C20H19ClN2O5S. The summed E-state index contributed by atoms with van der Waals surface area (Å²) in [5.41, 5.74) is 0.725. The Labute approximate surface area is 172 Å². The van der Waals surface area contributed by atoms with E-state index in [2.05, 4.69) is 0 Å². The lowest BCUT2D eigenvalue weighted by atomic mass is 10.1. The van der Waals surface area contributed by atoms with Crippen molar-refractivity contribution < 1.29 is 12.8 Å². The van der Waals surface area contributed by atoms with Crippen LogP contribution in [0.1, 0.15) is 24.0 Å². The Hall–Kier alpha value is -2.42. The molecule has 0 atom stereocenters. The SMILES string of the molecule is Cc1cc2oc(=O)cc(Cn3cc(S(=O)(=O)N4CCCC4)ccc3=O)c2cc1Cl. The number of aryl methyl sites for hydroxylation is 1. The first-order valence-corrected chi connectivity index (χ1v) is 11.0. The van der Waals surface area contributed by atoms with Gasteiger partial charge in [0.05, 0.1) is 11.4 Å². The highest BCUT2D eigenvalue weighted by atomic mass is 35.5. The summed E-state index contributed by atoms with van der Waals surface area (Å²) < 4.78 is 33.6. The molecule has 152 valence electrons. The van der Waals surface area contributed by atoms with Crippen molar-refractivity contribution in [2.45, 2.75) is 31.2 Å². The number of hydrogen-bond acceptors (Lipinski definition) is 5. The fourth-order valence-electron chi connectivity index (χ4n) is 3.53. The molecule has 1 saturated heterocycles. The van der Waals surface area contributed by atoms with Gasteiger partial charge in [0.25, 0.3) is 5.56 Å². The van der Waals surface area contributed by atoms with E-state index < -0.39 is 15.6 Å². The van der Waals surface area contributed by atoms with Gasteiger partial charge in [-0.3, -0.25) is 4.79 Å². The molecule has 0 aliphatic carbocycles. The van der Waals surface area contributed by atoms with Gasteiger partial charge in [-0.2, -0.15) is 4.31 Å². The highest BCUT2D eigenvalue weighted by Crippen LogP contribution is 2.26. The normalized spacial score (nSPS) is 15.2. The lowest BCUT2D eigenvalue weighted by molar-refractivity contribution is 0.476. The second-order valence-corrected chi connectivity index (χ2v) is 9.48. The van der Waals surface area contributed by atoms with Gasteiger partial charge in [0.1, 0.15) is 5.58 Å². The first-order chi connectivity index (χ1) is 13.8. The molecule has 29 heavy (non-hydrogen) atoms. The summed E-state index contributed by atoms with van der Waals surface area (Å²) in [6.45, 7) is 2.77. The zero-order valence-electron chi connectivity index (χ0n) is 15.7. The van der Waals surface area contributed by atoms with E-state index in [1.54, 1.807) is 19.1 Å². The van der Waals surface area contributed by atoms with Crippen LogP contribution in [0, 0.1) is 6.92 Å². The summed E-state index contributed by atoms with van der Waals surface area (Å²) in [6.07, 6.45) is 2.97. The molecule has 0 radical (unpaired) electrons. The molecule has 2 aromatic heterocycles. The third kappa shape index (κ3) is 3.75. The zero-order chi connectivity index (χ0) is 20.8. The van der Waals surface area contributed by atoms with Gasteiger partial charge in [0.2, 0.25) is 10.0 Å². The highest BCUT2D eigenvalue weighted by molar-refractivity contribution is 7.89. The van der Waals surface area contributed by atoms with Crippen LogP contribution in [0.5, 0.6) is 0 Å². The summed E-state index contributed by atoms with van der Waals surface area (Å²) in [6, 6.07) is 7.19. The third-order valence-electron chi connectivity index (χ3n) is 5.11. The molecule has 0 unspecified atom stereocenters. The summed E-state index contributed by atoms with van der Waals surface area (Å²) in [5, 5.41) is 1.10. The Bertz CT molecular complexity index is 1320. The van der Waals surface area contributed by atoms with E-state index in [-0.39, 0.29) is 17.0 Å². The van der Waals surface area contributed by atoms with Gasteiger partial charge in [-0.05, 0) is 49.1 Å². The molecule has 0 spiro atoms. The number of pyridine rings is 1. The fraction of sp³-hybridized carbons (Fsp3) is 0.300. The number of nitrogens with zero attached hydrogens (tertiary/aromatic N) is 2. The highest BCUT2D eigenvalue weighted by Gasteiger charge is 2.27. The van der Waals surface area contributed by atoms with Crippen LogP contribution in [0.3, 0.4) is 0 Å². The smallest absolute Gasteiger partial charge is 0.336 e. The summed E-state index contributed by atoms with van der Waals surface area (Å²) in [4.78, 5) is 24.4. The van der Waals surface area contributed by atoms with Crippen LogP contribution in [0.4, 0.5) is 0 Å². The van der Waals surface area contributed by atoms with Crippen LogP contribution in [0.15, 0.2) is 55.4 Å². The van der Waals surface area contributed by atoms with E-state index >= 15 is 0 Å². The van der Waals surface area contributed by atoms with Crippen molar-refractivity contribution in [1.82, 2.24) is 8.87 Å². The van der Waals surface area contributed by atoms with E-state index in [9.17, 15) is 18.0 Å². The number of fused-ring (bicyclic) bond motifs is 1. The van der Waals surface area contributed by atoms with Crippen molar-refractivity contribution in [1.29, 1.82) is 0 Å². The van der Waals surface area contributed by atoms with Crippen LogP contribution in [-0.2, 0) is 16.6 Å². The molecule has 1 aliphatic heterocycles. The number of aromatic nitrogens is 1. The van der Waals surface area contributed by atoms with Gasteiger partial charge < -0.3 is 8.98 Å². The Morgan fingerprint density at radius 1 is 1.10 bits per heavy atom. The molecule has 0 N–H and O–H groups in total. The van der Waals surface area contributed by atoms with Crippen LogP contribution in [-0.4, -0.2) is 30.4 Å². The zero-order valence-corrected chi connectivity index (χ0v) is 17.3. The molecule has 0 saturated carbocycles. The largest absolute Gasteiger partial charge is 0.423 e. The van der Waals surface area contributed by atoms with E-state index in [1.807, 2.05) is 0 Å². The van der Waals surface area contributed by atoms with Crippen LogP contribution in [0.2, 0.25) is 5.02 Å². The summed E-state index contributed by atoms with van der Waals surface area (Å²) >= 11 is 6.22. The van der Waals surface area contributed by atoms with Crippen LogP contribution < -0.4 is 11.2 Å². The Balaban J connectivity index is 1.80. The quantitative estimate of drug-likeness (QED) is 0.589. The van der Waals surface area contributed by atoms with Gasteiger partial charge >= 0.3 is 5.63 Å². The van der Waals surface area contributed by atoms with Gasteiger partial charge in [0.15, 0.2) is 0 Å². The average molecular weight is 435 g/mol. The number of rotatable bonds is 4. The second-order valence-electron chi connectivity index (χ2n) is 7.13. The van der Waals surface area contributed by atoms with E-state index in [0.29, 0.717) is 34.6 Å². The Kier molecular flexibility index (Phi) is 5.10. The fourth-order valence-corrected chi connectivity index (χ4v) is 5.23. The molecule has 9 heteroatoms. The molecule has 1 fully saturated rings. The monoisotopic (exact) mass is 434 g/mol. The van der Waals surface area contributed by atoms with Crippen molar-refractivity contribution in [2.75, 3.05) is 13.1 Å². The number of halogens is 1. The first kappa shape index (κ1) is 19.9. The minimum absolute atomic E-state index is 0.0175. The van der Waals surface area contributed by atoms with Crippen molar-refractivity contribution in [3.63, 3.8) is 0 Å². The van der Waals surface area contributed by atoms with Crippen molar-refractivity contribution in [3.05, 3.63) is 73.5 Å². The molecule has 1 aromatic carbocycles. The molecule has 3 aromatic rings. The minimum atomic E-state index is -3.66. The predicted octanol–water partition coefficient (Wildman–Crippen LogP) is 2.75. The van der Waals surface area contributed by atoms with Crippen LogP contribution >= 0.6 is 11.6 Å². The van der Waals surface area contributed by atoms with Crippen LogP contribution in [0.25, 0.3) is 11.0 Å². The van der Waals surface area contributed by atoms with Crippen molar-refractivity contribution in [3.8, 4) is 0 Å². The summed E-state index contributed by atoms with van der Waals surface area (Å²) in [7, 11) is -3.66. The van der Waals surface area contributed by atoms with E-state index in [0.717, 1.165) is 18.4 Å². The Morgan fingerprint density at radius 3 is 2.55 bits per heavy atom. The molecule has 3 heterocycles. The van der Waals surface area contributed by atoms with Gasteiger partial charge in [-0.15, -0.1) is 0 Å². The van der Waals surface area contributed by atoms with Gasteiger partial charge in [0, 0.05) is 41.8 Å². The van der Waals surface area contributed by atoms with Crippen molar-refractivity contribution in [2.24, 2.45) is 0 Å². The van der Waals surface area contributed by atoms with Gasteiger partial charge in [-0.25, -0.2) is 13.2 Å². The summed E-state index contributed by atoms with van der Waals surface area (Å²) in [5.74, 6) is 0. The predicted molar refractivity (Wildman–Crippen MR) is 110 cm³/mol.